The molecule has 7 heteroatoms. The van der Waals surface area contributed by atoms with Crippen LogP contribution in [0.2, 0.25) is 0 Å². The second-order valence-electron chi connectivity index (χ2n) is 9.06. The minimum atomic E-state index is -0.589. The lowest BCUT2D eigenvalue weighted by molar-refractivity contribution is -0.136. The molecule has 3 N–H and O–H groups in total. The topological polar surface area (TPSA) is 90.5 Å². The van der Waals surface area contributed by atoms with E-state index in [4.69, 9.17) is 0 Å². The maximum Gasteiger partial charge on any atom is 0.255 e. The molecular weight excluding hydrogens is 404 g/mol. The first-order chi connectivity index (χ1) is 15.5. The van der Waals surface area contributed by atoms with Crippen LogP contribution in [0, 0.1) is 5.92 Å². The number of nitrogens with zero attached hydrogens (tertiary/aromatic N) is 1. The molecule has 3 atom stereocenters. The van der Waals surface area contributed by atoms with Crippen molar-refractivity contribution in [3.05, 3.63) is 64.7 Å². The third kappa shape index (κ3) is 3.77. The van der Waals surface area contributed by atoms with E-state index in [1.165, 1.54) is 5.56 Å². The number of nitrogens with one attached hydrogen (secondary N) is 3. The van der Waals surface area contributed by atoms with Crippen LogP contribution in [0.1, 0.15) is 52.7 Å². The zero-order chi connectivity index (χ0) is 22.2. The van der Waals surface area contributed by atoms with Crippen molar-refractivity contribution in [3.63, 3.8) is 0 Å². The summed E-state index contributed by atoms with van der Waals surface area (Å²) < 4.78 is 0. The van der Waals surface area contributed by atoms with Crippen molar-refractivity contribution in [1.29, 1.82) is 0 Å². The lowest BCUT2D eigenvalue weighted by Gasteiger charge is -2.29. The molecule has 3 aliphatic heterocycles. The molecule has 1 unspecified atom stereocenters. The Kier molecular flexibility index (Phi) is 5.43. The van der Waals surface area contributed by atoms with E-state index in [1.807, 2.05) is 18.2 Å². The molecule has 0 radical (unpaired) electrons. The highest BCUT2D eigenvalue weighted by Gasteiger charge is 2.39. The fourth-order valence-electron chi connectivity index (χ4n) is 5.12. The highest BCUT2D eigenvalue weighted by molar-refractivity contribution is 6.05. The van der Waals surface area contributed by atoms with Crippen molar-refractivity contribution in [2.24, 2.45) is 5.92 Å². The molecule has 5 rings (SSSR count). The predicted molar refractivity (Wildman–Crippen MR) is 121 cm³/mol. The Labute approximate surface area is 187 Å². The van der Waals surface area contributed by atoms with E-state index in [0.29, 0.717) is 36.9 Å². The van der Waals surface area contributed by atoms with Gasteiger partial charge in [0, 0.05) is 43.2 Å². The average molecular weight is 433 g/mol. The number of benzene rings is 2. The maximum atomic E-state index is 13.0. The number of imide groups is 1. The number of hydrogen-bond acceptors (Lipinski definition) is 5. The summed E-state index contributed by atoms with van der Waals surface area (Å²) in [6, 6.07) is 13.8. The maximum absolute atomic E-state index is 13.0. The molecule has 0 bridgehead atoms. The molecule has 3 aliphatic rings. The van der Waals surface area contributed by atoms with Gasteiger partial charge in [-0.1, -0.05) is 31.2 Å². The minimum Gasteiger partial charge on any atom is -0.381 e. The van der Waals surface area contributed by atoms with Crippen molar-refractivity contribution in [2.45, 2.75) is 44.8 Å². The normalized spacial score (nSPS) is 25.1. The fraction of sp³-hybridized carbons (Fsp3) is 0.400. The first kappa shape index (κ1) is 20.7. The number of fused-ring (bicyclic) bond motifs is 1. The van der Waals surface area contributed by atoms with E-state index in [9.17, 15) is 14.4 Å². The number of amides is 3. The molecule has 3 heterocycles. The number of carbonyl (C=O) groups excluding carboxylic acids is 3. The molecule has 0 spiro atoms. The second kappa shape index (κ2) is 8.39. The molecule has 0 aliphatic carbocycles. The zero-order valence-corrected chi connectivity index (χ0v) is 18.2. The standard InChI is InChI=1S/C25H28N4O3/c1-15-11-26-13-20(15)16-5-7-18(8-6-16)27-12-17-3-2-4-19-21(17)14-29(25(19)32)22-9-10-23(30)28-24(22)31/h2-8,15,20,22,26-27H,9-14H2,1H3,(H,28,30,31)/t15-,20-,22?/m1/s1. The Bertz CT molecular complexity index is 1070. The van der Waals surface area contributed by atoms with E-state index in [2.05, 4.69) is 47.1 Å². The number of rotatable bonds is 5. The van der Waals surface area contributed by atoms with E-state index < -0.39 is 6.04 Å². The molecule has 2 fully saturated rings. The predicted octanol–water partition coefficient (Wildman–Crippen LogP) is 2.38. The summed E-state index contributed by atoms with van der Waals surface area (Å²) in [6.45, 7) is 5.37. The summed E-state index contributed by atoms with van der Waals surface area (Å²) in [6.07, 6.45) is 0.635. The van der Waals surface area contributed by atoms with Crippen LogP contribution in [0.3, 0.4) is 0 Å². The average Bonchev–Trinajstić information content (AvgIpc) is 3.36. The van der Waals surface area contributed by atoms with Crippen LogP contribution in [0.25, 0.3) is 0 Å². The van der Waals surface area contributed by atoms with E-state index in [-0.39, 0.29) is 24.1 Å². The highest BCUT2D eigenvalue weighted by atomic mass is 16.2. The van der Waals surface area contributed by atoms with Crippen molar-refractivity contribution in [3.8, 4) is 0 Å². The lowest BCUT2D eigenvalue weighted by Crippen LogP contribution is -2.52. The van der Waals surface area contributed by atoms with Crippen molar-refractivity contribution in [2.75, 3.05) is 18.4 Å². The molecule has 2 saturated heterocycles. The Morgan fingerprint density at radius 3 is 2.59 bits per heavy atom. The van der Waals surface area contributed by atoms with Crippen LogP contribution in [0.15, 0.2) is 42.5 Å². The first-order valence-corrected chi connectivity index (χ1v) is 11.3. The van der Waals surface area contributed by atoms with Gasteiger partial charge in [0.2, 0.25) is 11.8 Å². The molecule has 166 valence electrons. The Balaban J connectivity index is 1.28. The van der Waals surface area contributed by atoms with Gasteiger partial charge in [-0.3, -0.25) is 19.7 Å². The summed E-state index contributed by atoms with van der Waals surface area (Å²) >= 11 is 0. The van der Waals surface area contributed by atoms with Crippen LogP contribution in [0.4, 0.5) is 5.69 Å². The van der Waals surface area contributed by atoms with Crippen LogP contribution in [-0.4, -0.2) is 41.8 Å². The van der Waals surface area contributed by atoms with Crippen LogP contribution in [-0.2, 0) is 22.7 Å². The van der Waals surface area contributed by atoms with Gasteiger partial charge in [0.25, 0.3) is 5.91 Å². The van der Waals surface area contributed by atoms with Crippen LogP contribution in [0.5, 0.6) is 0 Å². The van der Waals surface area contributed by atoms with Gasteiger partial charge in [-0.25, -0.2) is 0 Å². The van der Waals surface area contributed by atoms with Gasteiger partial charge in [-0.05, 0) is 53.8 Å². The lowest BCUT2D eigenvalue weighted by atomic mass is 9.90. The van der Waals surface area contributed by atoms with Crippen molar-refractivity contribution in [1.82, 2.24) is 15.5 Å². The number of carbonyl (C=O) groups is 3. The molecule has 3 amide bonds. The van der Waals surface area contributed by atoms with Crippen molar-refractivity contribution >= 4 is 23.4 Å². The van der Waals surface area contributed by atoms with Crippen LogP contribution < -0.4 is 16.0 Å². The van der Waals surface area contributed by atoms with E-state index in [0.717, 1.165) is 29.9 Å². The highest BCUT2D eigenvalue weighted by Crippen LogP contribution is 2.31. The molecule has 2 aromatic rings. The summed E-state index contributed by atoms with van der Waals surface area (Å²) in [5.74, 6) is 0.412. The molecule has 2 aromatic carbocycles. The van der Waals surface area contributed by atoms with Gasteiger partial charge in [0.1, 0.15) is 6.04 Å². The third-order valence-electron chi connectivity index (χ3n) is 7.02. The number of piperidine rings is 1. The zero-order valence-electron chi connectivity index (χ0n) is 18.2. The Morgan fingerprint density at radius 1 is 1.06 bits per heavy atom. The molecule has 32 heavy (non-hydrogen) atoms. The molecule has 0 saturated carbocycles. The number of hydrogen-bond donors (Lipinski definition) is 3. The summed E-state index contributed by atoms with van der Waals surface area (Å²) in [5.41, 5.74) is 5.04. The smallest absolute Gasteiger partial charge is 0.255 e. The number of anilines is 1. The summed E-state index contributed by atoms with van der Waals surface area (Å²) in [7, 11) is 0. The van der Waals surface area contributed by atoms with Crippen LogP contribution >= 0.6 is 0 Å². The van der Waals surface area contributed by atoms with Gasteiger partial charge in [-0.2, -0.15) is 0 Å². The van der Waals surface area contributed by atoms with Gasteiger partial charge in [0.15, 0.2) is 0 Å². The van der Waals surface area contributed by atoms with Crippen molar-refractivity contribution < 1.29 is 14.4 Å². The summed E-state index contributed by atoms with van der Waals surface area (Å²) in [4.78, 5) is 38.3. The SMILES string of the molecule is C[C@@H]1CNC[C@H]1c1ccc(NCc2cccc3c2CN(C2CCC(=O)NC2=O)C3=O)cc1. The first-order valence-electron chi connectivity index (χ1n) is 11.3. The molecular formula is C25H28N4O3. The Hall–Kier alpha value is -3.19. The van der Waals surface area contributed by atoms with Gasteiger partial charge < -0.3 is 15.5 Å². The van der Waals surface area contributed by atoms with E-state index >= 15 is 0 Å². The second-order valence-corrected chi connectivity index (χ2v) is 9.06. The third-order valence-corrected chi connectivity index (χ3v) is 7.02. The minimum absolute atomic E-state index is 0.139. The molecule has 7 nitrogen and oxygen atoms in total. The van der Waals surface area contributed by atoms with Gasteiger partial charge in [0.05, 0.1) is 0 Å². The fourth-order valence-corrected chi connectivity index (χ4v) is 5.12. The quantitative estimate of drug-likeness (QED) is 0.631. The monoisotopic (exact) mass is 432 g/mol. The van der Waals surface area contributed by atoms with E-state index in [1.54, 1.807) is 4.90 Å². The Morgan fingerprint density at radius 2 is 1.88 bits per heavy atom. The van der Waals surface area contributed by atoms with Gasteiger partial charge in [-0.15, -0.1) is 0 Å². The molecule has 0 aromatic heterocycles. The largest absolute Gasteiger partial charge is 0.381 e. The summed E-state index contributed by atoms with van der Waals surface area (Å²) in [5, 5.41) is 9.28. The van der Waals surface area contributed by atoms with Gasteiger partial charge >= 0.3 is 0 Å².